The summed E-state index contributed by atoms with van der Waals surface area (Å²) in [5.74, 6) is 1.72. The molecule has 2 saturated heterocycles. The van der Waals surface area contributed by atoms with E-state index in [1.165, 1.54) is 6.42 Å². The van der Waals surface area contributed by atoms with Crippen molar-refractivity contribution in [2.75, 3.05) is 47.4 Å². The van der Waals surface area contributed by atoms with Crippen LogP contribution in [0.4, 0.5) is 0 Å². The summed E-state index contributed by atoms with van der Waals surface area (Å²) in [4.78, 5) is 20.3. The summed E-state index contributed by atoms with van der Waals surface area (Å²) in [5, 5.41) is 7.34. The summed E-state index contributed by atoms with van der Waals surface area (Å²) in [5.41, 5.74) is 0.144. The lowest BCUT2D eigenvalue weighted by molar-refractivity contribution is -0.188. The van der Waals surface area contributed by atoms with Gasteiger partial charge in [-0.1, -0.05) is 13.8 Å². The molecular weight excluding hydrogens is 354 g/mol. The van der Waals surface area contributed by atoms with Crippen molar-refractivity contribution in [2.45, 2.75) is 64.1 Å². The molecule has 2 heterocycles. The number of carbonyl (C=O) groups is 1. The molecule has 28 heavy (non-hydrogen) atoms. The standard InChI is InChI=1S/C21H39N5O2/c1-21(2)18(16-7-6-14-28-19(16)21)24-20(22-3)23-15-8-11-26(12-9-15)13-10-17(27)25(4)5/h15-16,18-19H,6-14H2,1-5H3,(H2,22,23,24). The number of fused-ring (bicyclic) bond motifs is 1. The van der Waals surface area contributed by atoms with E-state index in [2.05, 4.69) is 34.4 Å². The van der Waals surface area contributed by atoms with Crippen LogP contribution in [0.1, 0.15) is 46.0 Å². The molecule has 0 radical (unpaired) electrons. The van der Waals surface area contributed by atoms with Crippen LogP contribution < -0.4 is 10.6 Å². The van der Waals surface area contributed by atoms with Gasteiger partial charge in [0.25, 0.3) is 0 Å². The molecule has 0 aromatic rings. The van der Waals surface area contributed by atoms with Gasteiger partial charge in [-0.3, -0.25) is 9.79 Å². The van der Waals surface area contributed by atoms with Gasteiger partial charge in [-0.25, -0.2) is 0 Å². The maximum absolute atomic E-state index is 11.8. The summed E-state index contributed by atoms with van der Waals surface area (Å²) in [6, 6.07) is 0.856. The lowest BCUT2D eigenvalue weighted by Crippen LogP contribution is -2.71. The van der Waals surface area contributed by atoms with Gasteiger partial charge < -0.3 is 25.2 Å². The number of ether oxygens (including phenoxy) is 1. The Morgan fingerprint density at radius 3 is 2.57 bits per heavy atom. The monoisotopic (exact) mass is 393 g/mol. The number of amides is 1. The number of hydrogen-bond acceptors (Lipinski definition) is 4. The highest BCUT2D eigenvalue weighted by molar-refractivity contribution is 5.80. The fourth-order valence-corrected chi connectivity index (χ4v) is 5.11. The van der Waals surface area contributed by atoms with Crippen LogP contribution in [0.25, 0.3) is 0 Å². The third kappa shape index (κ3) is 4.62. The van der Waals surface area contributed by atoms with Crippen molar-refractivity contribution >= 4 is 11.9 Å². The zero-order valence-electron chi connectivity index (χ0n) is 18.3. The molecular formula is C21H39N5O2. The van der Waals surface area contributed by atoms with E-state index in [4.69, 9.17) is 4.74 Å². The molecule has 7 heteroatoms. The lowest BCUT2D eigenvalue weighted by Gasteiger charge is -2.60. The van der Waals surface area contributed by atoms with E-state index < -0.39 is 0 Å². The molecule has 3 aliphatic rings. The first-order valence-electron chi connectivity index (χ1n) is 10.9. The maximum Gasteiger partial charge on any atom is 0.223 e. The quantitative estimate of drug-likeness (QED) is 0.544. The molecule has 2 N–H and O–H groups in total. The minimum Gasteiger partial charge on any atom is -0.377 e. The van der Waals surface area contributed by atoms with Crippen LogP contribution in [0, 0.1) is 11.3 Å². The molecule has 2 aliphatic heterocycles. The second kappa shape index (κ2) is 8.99. The van der Waals surface area contributed by atoms with E-state index in [0.717, 1.165) is 51.5 Å². The van der Waals surface area contributed by atoms with Crippen molar-refractivity contribution < 1.29 is 9.53 Å². The minimum absolute atomic E-state index is 0.144. The van der Waals surface area contributed by atoms with Crippen LogP contribution in [0.3, 0.4) is 0 Å². The third-order valence-corrected chi connectivity index (χ3v) is 6.92. The average Bonchev–Trinajstić information content (AvgIpc) is 2.69. The van der Waals surface area contributed by atoms with Crippen molar-refractivity contribution in [3.8, 4) is 0 Å². The Balaban J connectivity index is 1.43. The molecule has 0 bridgehead atoms. The SMILES string of the molecule is CN=C(NC1CCN(CCC(=O)N(C)C)CC1)NC1C2CCCOC2C1(C)C. The molecule has 1 saturated carbocycles. The molecule has 7 nitrogen and oxygen atoms in total. The second-order valence-corrected chi connectivity index (χ2v) is 9.41. The Morgan fingerprint density at radius 2 is 1.93 bits per heavy atom. The van der Waals surface area contributed by atoms with Crippen LogP contribution in [0.5, 0.6) is 0 Å². The molecule has 0 spiro atoms. The highest BCUT2D eigenvalue weighted by atomic mass is 16.5. The zero-order chi connectivity index (χ0) is 20.3. The molecule has 1 aliphatic carbocycles. The Hall–Kier alpha value is -1.34. The van der Waals surface area contributed by atoms with Crippen LogP contribution in [-0.2, 0) is 9.53 Å². The highest BCUT2D eigenvalue weighted by Gasteiger charge is 2.58. The first-order valence-corrected chi connectivity index (χ1v) is 10.9. The number of guanidine groups is 1. The van der Waals surface area contributed by atoms with Crippen molar-refractivity contribution in [1.82, 2.24) is 20.4 Å². The predicted octanol–water partition coefficient (Wildman–Crippen LogP) is 1.30. The van der Waals surface area contributed by atoms with E-state index in [0.29, 0.717) is 30.5 Å². The molecule has 3 atom stereocenters. The number of hydrogen-bond donors (Lipinski definition) is 2. The van der Waals surface area contributed by atoms with Crippen LogP contribution in [0.2, 0.25) is 0 Å². The molecule has 1 amide bonds. The summed E-state index contributed by atoms with van der Waals surface area (Å²) in [7, 11) is 5.50. The fraction of sp³-hybridized carbons (Fsp3) is 0.905. The molecule has 0 aromatic carbocycles. The molecule has 0 aromatic heterocycles. The van der Waals surface area contributed by atoms with E-state index in [1.54, 1.807) is 4.90 Å². The zero-order valence-corrected chi connectivity index (χ0v) is 18.3. The van der Waals surface area contributed by atoms with Gasteiger partial charge in [0.1, 0.15) is 0 Å². The smallest absolute Gasteiger partial charge is 0.223 e. The second-order valence-electron chi connectivity index (χ2n) is 9.41. The predicted molar refractivity (Wildman–Crippen MR) is 112 cm³/mol. The Labute approximate surface area is 170 Å². The summed E-state index contributed by atoms with van der Waals surface area (Å²) < 4.78 is 6.02. The Bertz CT molecular complexity index is 569. The first kappa shape index (κ1) is 21.4. The van der Waals surface area contributed by atoms with E-state index in [9.17, 15) is 4.79 Å². The topological polar surface area (TPSA) is 69.2 Å². The fourth-order valence-electron chi connectivity index (χ4n) is 5.11. The number of nitrogens with one attached hydrogen (secondary N) is 2. The summed E-state index contributed by atoms with van der Waals surface area (Å²) in [6.07, 6.45) is 5.56. The number of aliphatic imine (C=N–C) groups is 1. The summed E-state index contributed by atoms with van der Waals surface area (Å²) >= 11 is 0. The van der Waals surface area contributed by atoms with Gasteiger partial charge in [0, 0.05) is 77.2 Å². The number of likely N-dealkylation sites (tertiary alicyclic amines) is 1. The van der Waals surface area contributed by atoms with Gasteiger partial charge in [-0.2, -0.15) is 0 Å². The molecule has 3 unspecified atom stereocenters. The van der Waals surface area contributed by atoms with Gasteiger partial charge >= 0.3 is 0 Å². The molecule has 160 valence electrons. The number of carbonyl (C=O) groups excluding carboxylic acids is 1. The van der Waals surface area contributed by atoms with Gasteiger partial charge in [0.15, 0.2) is 5.96 Å². The van der Waals surface area contributed by atoms with Crippen molar-refractivity contribution in [3.63, 3.8) is 0 Å². The van der Waals surface area contributed by atoms with Gasteiger partial charge in [0.2, 0.25) is 5.91 Å². The number of piperidine rings is 1. The van der Waals surface area contributed by atoms with Gasteiger partial charge in [-0.05, 0) is 25.7 Å². The van der Waals surface area contributed by atoms with Crippen molar-refractivity contribution in [3.05, 3.63) is 0 Å². The van der Waals surface area contributed by atoms with E-state index in [-0.39, 0.29) is 11.3 Å². The molecule has 3 rings (SSSR count). The van der Waals surface area contributed by atoms with Crippen molar-refractivity contribution in [2.24, 2.45) is 16.3 Å². The molecule has 3 fully saturated rings. The van der Waals surface area contributed by atoms with Crippen LogP contribution >= 0.6 is 0 Å². The summed E-state index contributed by atoms with van der Waals surface area (Å²) in [6.45, 7) is 8.43. The lowest BCUT2D eigenvalue weighted by atomic mass is 9.55. The van der Waals surface area contributed by atoms with Gasteiger partial charge in [0.05, 0.1) is 6.10 Å². The Kier molecular flexibility index (Phi) is 6.86. The minimum atomic E-state index is 0.144. The van der Waals surface area contributed by atoms with Crippen LogP contribution in [0.15, 0.2) is 4.99 Å². The van der Waals surface area contributed by atoms with Gasteiger partial charge in [-0.15, -0.1) is 0 Å². The van der Waals surface area contributed by atoms with E-state index >= 15 is 0 Å². The van der Waals surface area contributed by atoms with Crippen LogP contribution in [-0.4, -0.2) is 87.2 Å². The van der Waals surface area contributed by atoms with Crippen molar-refractivity contribution in [1.29, 1.82) is 0 Å². The number of nitrogens with zero attached hydrogens (tertiary/aromatic N) is 3. The third-order valence-electron chi connectivity index (χ3n) is 6.92. The van der Waals surface area contributed by atoms with E-state index in [1.807, 2.05) is 21.1 Å². The first-order chi connectivity index (χ1) is 13.3. The normalized spacial score (nSPS) is 30.9. The average molecular weight is 394 g/mol. The maximum atomic E-state index is 11.8. The largest absolute Gasteiger partial charge is 0.377 e. The number of rotatable bonds is 5. The highest BCUT2D eigenvalue weighted by Crippen LogP contribution is 2.51. The Morgan fingerprint density at radius 1 is 1.21 bits per heavy atom.